The fourth-order valence-corrected chi connectivity index (χ4v) is 4.20. The molecule has 26 heavy (non-hydrogen) atoms. The zero-order valence-electron chi connectivity index (χ0n) is 15.4. The fourth-order valence-electron chi connectivity index (χ4n) is 4.20. The summed E-state index contributed by atoms with van der Waals surface area (Å²) in [6.45, 7) is 5.44. The topological polar surface area (TPSA) is 58.4 Å². The molecule has 2 fully saturated rings. The van der Waals surface area contributed by atoms with Crippen LogP contribution in [0.1, 0.15) is 44.3 Å². The number of likely N-dealkylation sites (tertiary alicyclic amines) is 2. The Morgan fingerprint density at radius 3 is 2.69 bits per heavy atom. The molecule has 0 unspecified atom stereocenters. The molecule has 138 valence electrons. The normalized spacial score (nSPS) is 21.0. The molecule has 4 rings (SSSR count). The quantitative estimate of drug-likeness (QED) is 0.847. The largest absolute Gasteiger partial charge is 0.342 e. The van der Waals surface area contributed by atoms with Crippen molar-refractivity contribution in [2.45, 2.75) is 45.1 Å². The molecule has 2 aromatic rings. The second kappa shape index (κ2) is 7.09. The Morgan fingerprint density at radius 1 is 1.19 bits per heavy atom. The number of carbonyl (C=O) groups excluding carboxylic acids is 2. The molecular weight excluding hydrogens is 328 g/mol. The van der Waals surface area contributed by atoms with Crippen molar-refractivity contribution in [3.8, 4) is 0 Å². The third kappa shape index (κ3) is 3.08. The number of para-hydroxylation sites is 2. The van der Waals surface area contributed by atoms with E-state index in [1.165, 1.54) is 6.42 Å². The van der Waals surface area contributed by atoms with E-state index in [2.05, 4.69) is 0 Å². The average molecular weight is 354 g/mol. The molecule has 1 aromatic carbocycles. The van der Waals surface area contributed by atoms with Crippen molar-refractivity contribution in [1.82, 2.24) is 19.4 Å². The van der Waals surface area contributed by atoms with Crippen LogP contribution in [0.2, 0.25) is 0 Å². The first kappa shape index (κ1) is 17.1. The van der Waals surface area contributed by atoms with Gasteiger partial charge in [-0.3, -0.25) is 9.59 Å². The van der Waals surface area contributed by atoms with Crippen LogP contribution in [0, 0.1) is 0 Å². The smallest absolute Gasteiger partial charge is 0.242 e. The number of imidazole rings is 1. The molecular formula is C20H26N4O2. The Hall–Kier alpha value is -2.37. The monoisotopic (exact) mass is 354 g/mol. The maximum atomic E-state index is 12.9. The van der Waals surface area contributed by atoms with E-state index in [1.807, 2.05) is 45.6 Å². The lowest BCUT2D eigenvalue weighted by atomic mass is 10.1. The molecule has 0 spiro atoms. The van der Waals surface area contributed by atoms with Crippen LogP contribution in [0.15, 0.2) is 24.3 Å². The van der Waals surface area contributed by atoms with Crippen molar-refractivity contribution in [2.75, 3.05) is 26.2 Å². The molecule has 2 aliphatic heterocycles. The van der Waals surface area contributed by atoms with E-state index in [9.17, 15) is 9.59 Å². The van der Waals surface area contributed by atoms with E-state index in [-0.39, 0.29) is 17.7 Å². The van der Waals surface area contributed by atoms with E-state index < -0.39 is 0 Å². The van der Waals surface area contributed by atoms with Gasteiger partial charge in [0.2, 0.25) is 11.8 Å². The van der Waals surface area contributed by atoms with Crippen LogP contribution in [0.3, 0.4) is 0 Å². The molecule has 6 nitrogen and oxygen atoms in total. The van der Waals surface area contributed by atoms with Gasteiger partial charge < -0.3 is 14.4 Å². The highest BCUT2D eigenvalue weighted by Crippen LogP contribution is 2.30. The fraction of sp³-hybridized carbons (Fsp3) is 0.550. The van der Waals surface area contributed by atoms with Gasteiger partial charge in [0.05, 0.1) is 11.0 Å². The van der Waals surface area contributed by atoms with Crippen molar-refractivity contribution in [3.05, 3.63) is 30.1 Å². The predicted molar refractivity (Wildman–Crippen MR) is 99.8 cm³/mol. The third-order valence-electron chi connectivity index (χ3n) is 5.65. The summed E-state index contributed by atoms with van der Waals surface area (Å²) in [6.07, 6.45) is 3.87. The van der Waals surface area contributed by atoms with Crippen LogP contribution in [-0.2, 0) is 16.1 Å². The Bertz CT molecular complexity index is 822. The Labute approximate surface area is 153 Å². The molecule has 3 heterocycles. The molecule has 2 amide bonds. The van der Waals surface area contributed by atoms with Crippen LogP contribution in [-0.4, -0.2) is 57.3 Å². The van der Waals surface area contributed by atoms with Crippen molar-refractivity contribution in [1.29, 1.82) is 0 Å². The van der Waals surface area contributed by atoms with Gasteiger partial charge in [-0.2, -0.15) is 0 Å². The number of likely N-dealkylation sites (N-methyl/N-ethyl adjacent to an activating group) is 1. The minimum absolute atomic E-state index is 0.0593. The lowest BCUT2D eigenvalue weighted by Gasteiger charge is -2.27. The van der Waals surface area contributed by atoms with Gasteiger partial charge in [-0.15, -0.1) is 0 Å². The number of hydrogen-bond donors (Lipinski definition) is 0. The van der Waals surface area contributed by atoms with Crippen molar-refractivity contribution in [3.63, 3.8) is 0 Å². The summed E-state index contributed by atoms with van der Waals surface area (Å²) < 4.78 is 2.05. The molecule has 0 saturated carbocycles. The number of rotatable bonds is 4. The Kier molecular flexibility index (Phi) is 4.66. The number of carbonyl (C=O) groups is 2. The van der Waals surface area contributed by atoms with E-state index in [4.69, 9.17) is 4.98 Å². The van der Waals surface area contributed by atoms with Crippen LogP contribution >= 0.6 is 0 Å². The maximum absolute atomic E-state index is 12.9. The Morgan fingerprint density at radius 2 is 1.96 bits per heavy atom. The van der Waals surface area contributed by atoms with Gasteiger partial charge in [-0.1, -0.05) is 12.1 Å². The maximum Gasteiger partial charge on any atom is 0.242 e. The van der Waals surface area contributed by atoms with E-state index in [0.717, 1.165) is 49.3 Å². The minimum atomic E-state index is 0.0593. The minimum Gasteiger partial charge on any atom is -0.342 e. The molecule has 6 heteroatoms. The predicted octanol–water partition coefficient (Wildman–Crippen LogP) is 2.38. The molecule has 0 bridgehead atoms. The first-order valence-electron chi connectivity index (χ1n) is 9.68. The second-order valence-corrected chi connectivity index (χ2v) is 7.32. The lowest BCUT2D eigenvalue weighted by Crippen LogP contribution is -2.38. The van der Waals surface area contributed by atoms with Gasteiger partial charge in [-0.25, -0.2) is 4.98 Å². The summed E-state index contributed by atoms with van der Waals surface area (Å²) in [7, 11) is 0. The number of aromatic nitrogens is 2. The van der Waals surface area contributed by atoms with Crippen molar-refractivity contribution >= 4 is 22.8 Å². The van der Waals surface area contributed by atoms with Crippen LogP contribution < -0.4 is 0 Å². The third-order valence-corrected chi connectivity index (χ3v) is 5.65. The molecule has 2 aliphatic rings. The molecule has 1 aromatic heterocycles. The molecule has 0 aliphatic carbocycles. The highest BCUT2D eigenvalue weighted by atomic mass is 16.2. The van der Waals surface area contributed by atoms with E-state index in [1.54, 1.807) is 0 Å². The second-order valence-electron chi connectivity index (χ2n) is 7.32. The average Bonchev–Trinajstić information content (AvgIpc) is 3.23. The van der Waals surface area contributed by atoms with Crippen molar-refractivity contribution in [2.24, 2.45) is 0 Å². The van der Waals surface area contributed by atoms with Gasteiger partial charge in [0.1, 0.15) is 12.4 Å². The first-order valence-corrected chi connectivity index (χ1v) is 9.68. The molecule has 2 saturated heterocycles. The van der Waals surface area contributed by atoms with E-state index >= 15 is 0 Å². The van der Waals surface area contributed by atoms with Crippen molar-refractivity contribution < 1.29 is 9.59 Å². The highest BCUT2D eigenvalue weighted by molar-refractivity contribution is 5.83. The summed E-state index contributed by atoms with van der Waals surface area (Å²) in [5, 5.41) is 0. The molecule has 0 N–H and O–H groups in total. The number of nitrogens with zero attached hydrogens (tertiary/aromatic N) is 4. The van der Waals surface area contributed by atoms with Crippen LogP contribution in [0.5, 0.6) is 0 Å². The SMILES string of the molecule is CCN1C[C@H](c2nc3ccccc3n2CC(=O)N2CCCCC2)CC1=O. The number of piperidine rings is 1. The zero-order valence-corrected chi connectivity index (χ0v) is 15.4. The summed E-state index contributed by atoms with van der Waals surface area (Å²) in [6, 6.07) is 7.95. The van der Waals surface area contributed by atoms with Gasteiger partial charge in [0.25, 0.3) is 0 Å². The number of benzene rings is 1. The molecule has 1 atom stereocenters. The number of fused-ring (bicyclic) bond motifs is 1. The molecule has 0 radical (unpaired) electrons. The van der Waals surface area contributed by atoms with E-state index in [0.29, 0.717) is 19.5 Å². The zero-order chi connectivity index (χ0) is 18.1. The highest BCUT2D eigenvalue weighted by Gasteiger charge is 2.33. The summed E-state index contributed by atoms with van der Waals surface area (Å²) in [5.41, 5.74) is 1.88. The summed E-state index contributed by atoms with van der Waals surface area (Å²) in [5.74, 6) is 1.27. The standard InChI is InChI=1S/C20H26N4O2/c1-2-22-13-15(12-18(22)25)20-21-16-8-4-5-9-17(16)24(20)14-19(26)23-10-6-3-7-11-23/h4-5,8-9,15H,2-3,6-7,10-14H2,1H3/t15-/m1/s1. The van der Waals surface area contributed by atoms with Gasteiger partial charge in [0, 0.05) is 38.5 Å². The number of hydrogen-bond acceptors (Lipinski definition) is 3. The summed E-state index contributed by atoms with van der Waals surface area (Å²) in [4.78, 5) is 33.7. The van der Waals surface area contributed by atoms with Crippen LogP contribution in [0.4, 0.5) is 0 Å². The summed E-state index contributed by atoms with van der Waals surface area (Å²) >= 11 is 0. The Balaban J connectivity index is 1.66. The van der Waals surface area contributed by atoms with Crippen LogP contribution in [0.25, 0.3) is 11.0 Å². The number of amides is 2. The van der Waals surface area contributed by atoms with Gasteiger partial charge in [0.15, 0.2) is 0 Å². The van der Waals surface area contributed by atoms with Gasteiger partial charge >= 0.3 is 0 Å². The lowest BCUT2D eigenvalue weighted by molar-refractivity contribution is -0.132. The van der Waals surface area contributed by atoms with Gasteiger partial charge in [-0.05, 0) is 38.3 Å². The first-order chi connectivity index (χ1) is 12.7.